The van der Waals surface area contributed by atoms with Gasteiger partial charge in [0.15, 0.2) is 0 Å². The number of aromatic nitrogens is 2. The van der Waals surface area contributed by atoms with E-state index >= 15 is 0 Å². The second kappa shape index (κ2) is 8.91. The zero-order valence-electron chi connectivity index (χ0n) is 17.4. The standard InChI is InChI=1S/C22H24N4O4S/c1-17-23-21(16-22(24-17)30-18-8-4-3-5-9-18)25-12-14-26(15-13-25)31(27,28)20-11-7-6-10-19(20)29-2/h3-11,16H,12-15H2,1-2H3. The van der Waals surface area contributed by atoms with Crippen molar-refractivity contribution in [2.45, 2.75) is 11.8 Å². The van der Waals surface area contributed by atoms with Crippen molar-refractivity contribution in [3.05, 3.63) is 66.5 Å². The maximum Gasteiger partial charge on any atom is 0.246 e. The highest BCUT2D eigenvalue weighted by Crippen LogP contribution is 2.28. The predicted octanol–water partition coefficient (Wildman–Crippen LogP) is 3.10. The molecule has 0 unspecified atom stereocenters. The molecule has 0 radical (unpaired) electrons. The van der Waals surface area contributed by atoms with Crippen molar-refractivity contribution in [1.82, 2.24) is 14.3 Å². The maximum atomic E-state index is 13.1. The van der Waals surface area contributed by atoms with Gasteiger partial charge in [0.05, 0.1) is 7.11 Å². The van der Waals surface area contributed by atoms with Crippen LogP contribution in [-0.2, 0) is 10.0 Å². The van der Waals surface area contributed by atoms with Gasteiger partial charge >= 0.3 is 0 Å². The van der Waals surface area contributed by atoms with Gasteiger partial charge < -0.3 is 14.4 Å². The molecule has 1 fully saturated rings. The van der Waals surface area contributed by atoms with E-state index in [2.05, 4.69) is 9.97 Å². The Balaban J connectivity index is 1.49. The number of methoxy groups -OCH3 is 1. The van der Waals surface area contributed by atoms with E-state index in [-0.39, 0.29) is 4.90 Å². The Hall–Kier alpha value is -3.17. The number of anilines is 1. The summed E-state index contributed by atoms with van der Waals surface area (Å²) in [5, 5.41) is 0. The van der Waals surface area contributed by atoms with Gasteiger partial charge in [-0.25, -0.2) is 13.4 Å². The third-order valence-electron chi connectivity index (χ3n) is 5.02. The number of aryl methyl sites for hydroxylation is 1. The van der Waals surface area contributed by atoms with E-state index in [0.717, 1.165) is 0 Å². The summed E-state index contributed by atoms with van der Waals surface area (Å²) in [5.74, 6) is 2.80. The van der Waals surface area contributed by atoms with Crippen LogP contribution in [0.3, 0.4) is 0 Å². The third kappa shape index (κ3) is 4.62. The number of hydrogen-bond donors (Lipinski definition) is 0. The van der Waals surface area contributed by atoms with Crippen molar-refractivity contribution in [3.8, 4) is 17.4 Å². The number of benzene rings is 2. The molecule has 8 nitrogen and oxygen atoms in total. The first-order chi connectivity index (χ1) is 15.0. The molecule has 1 saturated heterocycles. The van der Waals surface area contributed by atoms with Gasteiger partial charge in [0.25, 0.3) is 0 Å². The number of sulfonamides is 1. The van der Waals surface area contributed by atoms with Crippen LogP contribution >= 0.6 is 0 Å². The molecule has 4 rings (SSSR count). The van der Waals surface area contributed by atoms with E-state index in [0.29, 0.717) is 55.2 Å². The van der Waals surface area contributed by atoms with Crippen LogP contribution in [0.4, 0.5) is 5.82 Å². The molecule has 1 aromatic heterocycles. The van der Waals surface area contributed by atoms with Gasteiger partial charge in [-0.1, -0.05) is 30.3 Å². The molecule has 162 valence electrons. The minimum Gasteiger partial charge on any atom is -0.495 e. The molecule has 0 spiro atoms. The van der Waals surface area contributed by atoms with Crippen molar-refractivity contribution < 1.29 is 17.9 Å². The van der Waals surface area contributed by atoms with Crippen LogP contribution in [0.2, 0.25) is 0 Å². The summed E-state index contributed by atoms with van der Waals surface area (Å²) < 4.78 is 38.8. The number of ether oxygens (including phenoxy) is 2. The van der Waals surface area contributed by atoms with Gasteiger partial charge in [-0.2, -0.15) is 9.29 Å². The average Bonchev–Trinajstić information content (AvgIpc) is 2.79. The minimum absolute atomic E-state index is 0.183. The van der Waals surface area contributed by atoms with E-state index < -0.39 is 10.0 Å². The molecule has 0 N–H and O–H groups in total. The molecule has 0 amide bonds. The van der Waals surface area contributed by atoms with Gasteiger partial charge in [-0.05, 0) is 31.2 Å². The third-order valence-corrected chi connectivity index (χ3v) is 6.95. The van der Waals surface area contributed by atoms with Crippen molar-refractivity contribution in [2.24, 2.45) is 0 Å². The number of hydrogen-bond acceptors (Lipinski definition) is 7. The van der Waals surface area contributed by atoms with Crippen LogP contribution < -0.4 is 14.4 Å². The zero-order chi connectivity index (χ0) is 21.8. The molecule has 0 saturated carbocycles. The first-order valence-electron chi connectivity index (χ1n) is 9.94. The average molecular weight is 441 g/mol. The van der Waals surface area contributed by atoms with Gasteiger partial charge in [0, 0.05) is 32.2 Å². The number of piperazine rings is 1. The fourth-order valence-corrected chi connectivity index (χ4v) is 5.06. The van der Waals surface area contributed by atoms with E-state index in [9.17, 15) is 8.42 Å². The van der Waals surface area contributed by atoms with Crippen LogP contribution in [0.15, 0.2) is 65.6 Å². The van der Waals surface area contributed by atoms with Crippen molar-refractivity contribution in [1.29, 1.82) is 0 Å². The normalized spacial score (nSPS) is 15.0. The smallest absolute Gasteiger partial charge is 0.246 e. The molecule has 3 aromatic rings. The van der Waals surface area contributed by atoms with Crippen molar-refractivity contribution in [2.75, 3.05) is 38.2 Å². The van der Waals surface area contributed by atoms with Crippen LogP contribution in [0.25, 0.3) is 0 Å². The quantitative estimate of drug-likeness (QED) is 0.582. The summed E-state index contributed by atoms with van der Waals surface area (Å²) in [7, 11) is -2.17. The monoisotopic (exact) mass is 440 g/mol. The SMILES string of the molecule is COc1ccccc1S(=O)(=O)N1CCN(c2cc(Oc3ccccc3)nc(C)n2)CC1. The topological polar surface area (TPSA) is 84.9 Å². The molecule has 9 heteroatoms. The van der Waals surface area contributed by atoms with Crippen LogP contribution in [0.5, 0.6) is 17.4 Å². The predicted molar refractivity (Wildman–Crippen MR) is 117 cm³/mol. The molecule has 31 heavy (non-hydrogen) atoms. The lowest BCUT2D eigenvalue weighted by molar-refractivity contribution is 0.373. The Morgan fingerprint density at radius 3 is 2.29 bits per heavy atom. The van der Waals surface area contributed by atoms with E-state index in [1.165, 1.54) is 11.4 Å². The van der Waals surface area contributed by atoms with Crippen LogP contribution in [-0.4, -0.2) is 56.0 Å². The highest BCUT2D eigenvalue weighted by atomic mass is 32.2. The number of para-hydroxylation sites is 2. The molecule has 2 heterocycles. The lowest BCUT2D eigenvalue weighted by atomic mass is 10.3. The first kappa shape index (κ1) is 21.1. The highest BCUT2D eigenvalue weighted by Gasteiger charge is 2.31. The molecular weight excluding hydrogens is 416 g/mol. The molecule has 1 aliphatic rings. The molecular formula is C22H24N4O4S. The summed E-state index contributed by atoms with van der Waals surface area (Å²) in [6, 6.07) is 17.9. The van der Waals surface area contributed by atoms with Gasteiger partial charge in [0.1, 0.15) is 28.0 Å². The molecule has 0 atom stereocenters. The fourth-order valence-electron chi connectivity index (χ4n) is 3.48. The number of nitrogens with zero attached hydrogens (tertiary/aromatic N) is 4. The first-order valence-corrected chi connectivity index (χ1v) is 11.4. The second-order valence-corrected chi connectivity index (χ2v) is 8.98. The van der Waals surface area contributed by atoms with Crippen molar-refractivity contribution >= 4 is 15.8 Å². The zero-order valence-corrected chi connectivity index (χ0v) is 18.2. The van der Waals surface area contributed by atoms with E-state index in [1.807, 2.05) is 42.2 Å². The van der Waals surface area contributed by atoms with Crippen molar-refractivity contribution in [3.63, 3.8) is 0 Å². The van der Waals surface area contributed by atoms with Crippen LogP contribution in [0, 0.1) is 6.92 Å². The largest absolute Gasteiger partial charge is 0.495 e. The number of rotatable bonds is 6. The summed E-state index contributed by atoms with van der Waals surface area (Å²) in [6.45, 7) is 3.52. The summed E-state index contributed by atoms with van der Waals surface area (Å²) >= 11 is 0. The highest BCUT2D eigenvalue weighted by molar-refractivity contribution is 7.89. The van der Waals surface area contributed by atoms with Crippen LogP contribution in [0.1, 0.15) is 5.82 Å². The van der Waals surface area contributed by atoms with Gasteiger partial charge in [0.2, 0.25) is 15.9 Å². The lowest BCUT2D eigenvalue weighted by Crippen LogP contribution is -2.49. The summed E-state index contributed by atoms with van der Waals surface area (Å²) in [6.07, 6.45) is 0. The Labute approximate surface area is 182 Å². The van der Waals surface area contributed by atoms with Gasteiger partial charge in [-0.15, -0.1) is 0 Å². The Morgan fingerprint density at radius 2 is 1.58 bits per heavy atom. The Bertz CT molecular complexity index is 1150. The molecule has 2 aromatic carbocycles. The van der Waals surface area contributed by atoms with E-state index in [4.69, 9.17) is 9.47 Å². The summed E-state index contributed by atoms with van der Waals surface area (Å²) in [5.41, 5.74) is 0. The maximum absolute atomic E-state index is 13.1. The lowest BCUT2D eigenvalue weighted by Gasteiger charge is -2.35. The molecule has 1 aliphatic heterocycles. The van der Waals surface area contributed by atoms with E-state index in [1.54, 1.807) is 30.3 Å². The minimum atomic E-state index is -3.64. The summed E-state index contributed by atoms with van der Waals surface area (Å²) in [4.78, 5) is 11.1. The Kier molecular flexibility index (Phi) is 6.06. The molecule has 0 bridgehead atoms. The second-order valence-electron chi connectivity index (χ2n) is 7.07. The Morgan fingerprint density at radius 1 is 0.903 bits per heavy atom. The fraction of sp³-hybridized carbons (Fsp3) is 0.273. The molecule has 0 aliphatic carbocycles. The van der Waals surface area contributed by atoms with Gasteiger partial charge in [-0.3, -0.25) is 0 Å².